The lowest BCUT2D eigenvalue weighted by Gasteiger charge is -2.27. The molecule has 8 heteroatoms. The second-order valence-corrected chi connectivity index (χ2v) is 7.57. The number of carbonyl (C=O) groups excluding carboxylic acids is 3. The first kappa shape index (κ1) is 23.0. The van der Waals surface area contributed by atoms with E-state index in [1.165, 1.54) is 24.3 Å². The Labute approximate surface area is 185 Å². The summed E-state index contributed by atoms with van der Waals surface area (Å²) in [5.41, 5.74) is 0.251. The molecular weight excluding hydrogens is 414 g/mol. The molecular formula is C24H25NO7. The Morgan fingerprint density at radius 3 is 1.69 bits per heavy atom. The number of rotatable bonds is 8. The lowest BCUT2D eigenvalue weighted by Crippen LogP contribution is -2.52. The molecule has 1 amide bonds. The topological polar surface area (TPSA) is 119 Å². The van der Waals surface area contributed by atoms with E-state index in [2.05, 4.69) is 5.32 Å². The van der Waals surface area contributed by atoms with Gasteiger partial charge >= 0.3 is 17.9 Å². The number of nitrogens with one attached hydrogen (secondary N) is 1. The van der Waals surface area contributed by atoms with Gasteiger partial charge in [0.1, 0.15) is 0 Å². The van der Waals surface area contributed by atoms with Crippen LogP contribution in [-0.4, -0.2) is 47.2 Å². The Morgan fingerprint density at radius 1 is 0.750 bits per heavy atom. The summed E-state index contributed by atoms with van der Waals surface area (Å²) in [5, 5.41) is 12.5. The van der Waals surface area contributed by atoms with Crippen LogP contribution in [-0.2, 0) is 19.1 Å². The Hall–Kier alpha value is -3.68. The van der Waals surface area contributed by atoms with Crippen LogP contribution in [0.5, 0.6) is 0 Å². The monoisotopic (exact) mass is 439 g/mol. The largest absolute Gasteiger partial charge is 0.478 e. The molecule has 32 heavy (non-hydrogen) atoms. The first-order chi connectivity index (χ1) is 15.5. The summed E-state index contributed by atoms with van der Waals surface area (Å²) >= 11 is 0. The number of carbonyl (C=O) groups is 4. The van der Waals surface area contributed by atoms with Gasteiger partial charge in [-0.3, -0.25) is 4.79 Å². The van der Waals surface area contributed by atoms with Crippen molar-refractivity contribution >= 4 is 23.8 Å². The van der Waals surface area contributed by atoms with E-state index in [-0.39, 0.29) is 17.2 Å². The molecule has 3 rings (SSSR count). The fraction of sp³-hybridized carbons (Fsp3) is 0.333. The maximum absolute atomic E-state index is 13.0. The Bertz CT molecular complexity index is 939. The maximum Gasteiger partial charge on any atom is 0.349 e. The Morgan fingerprint density at radius 2 is 1.22 bits per heavy atom. The molecule has 0 heterocycles. The van der Waals surface area contributed by atoms with Gasteiger partial charge in [0.2, 0.25) is 12.2 Å². The number of benzene rings is 2. The first-order valence-electron chi connectivity index (χ1n) is 10.5. The van der Waals surface area contributed by atoms with Gasteiger partial charge in [0.05, 0.1) is 11.1 Å². The van der Waals surface area contributed by atoms with E-state index in [9.17, 15) is 24.3 Å². The van der Waals surface area contributed by atoms with Crippen LogP contribution < -0.4 is 5.32 Å². The van der Waals surface area contributed by atoms with Gasteiger partial charge in [-0.05, 0) is 37.1 Å². The zero-order valence-electron chi connectivity index (χ0n) is 17.4. The molecule has 2 atom stereocenters. The smallest absolute Gasteiger partial charge is 0.349 e. The Balaban J connectivity index is 1.83. The average Bonchev–Trinajstić information content (AvgIpc) is 2.82. The highest BCUT2D eigenvalue weighted by molar-refractivity contribution is 5.96. The van der Waals surface area contributed by atoms with E-state index >= 15 is 0 Å². The van der Waals surface area contributed by atoms with E-state index in [1.54, 1.807) is 36.4 Å². The van der Waals surface area contributed by atoms with Crippen LogP contribution in [0.3, 0.4) is 0 Å². The highest BCUT2D eigenvalue weighted by Gasteiger charge is 2.41. The third-order valence-corrected chi connectivity index (χ3v) is 5.22. The van der Waals surface area contributed by atoms with Crippen LogP contribution >= 0.6 is 0 Å². The van der Waals surface area contributed by atoms with Crippen molar-refractivity contribution in [1.29, 1.82) is 0 Å². The molecule has 0 spiro atoms. The van der Waals surface area contributed by atoms with Crippen molar-refractivity contribution in [3.05, 3.63) is 71.8 Å². The molecule has 1 fully saturated rings. The number of ether oxygens (including phenoxy) is 2. The second-order valence-electron chi connectivity index (χ2n) is 7.57. The van der Waals surface area contributed by atoms with Crippen LogP contribution in [0.25, 0.3) is 0 Å². The van der Waals surface area contributed by atoms with Gasteiger partial charge in [-0.2, -0.15) is 0 Å². The van der Waals surface area contributed by atoms with Gasteiger partial charge in [-0.1, -0.05) is 55.7 Å². The number of amides is 1. The number of esters is 2. The zero-order valence-corrected chi connectivity index (χ0v) is 17.4. The fourth-order valence-electron chi connectivity index (χ4n) is 3.54. The summed E-state index contributed by atoms with van der Waals surface area (Å²) in [6.07, 6.45) is 0.550. The van der Waals surface area contributed by atoms with Crippen molar-refractivity contribution < 1.29 is 33.8 Å². The SMILES string of the molecule is O=C(O[C@H](C(=O)O)[C@@H](OC(=O)c1ccccc1)C(=O)NC1CCCCC1)c1ccccc1. The van der Waals surface area contributed by atoms with Gasteiger partial charge in [0.25, 0.3) is 5.91 Å². The molecule has 168 valence electrons. The summed E-state index contributed by atoms with van der Waals surface area (Å²) in [6, 6.07) is 15.5. The van der Waals surface area contributed by atoms with Crippen molar-refractivity contribution in [3.63, 3.8) is 0 Å². The molecule has 2 N–H and O–H groups in total. The van der Waals surface area contributed by atoms with Crippen molar-refractivity contribution in [1.82, 2.24) is 5.32 Å². The summed E-state index contributed by atoms with van der Waals surface area (Å²) in [6.45, 7) is 0. The minimum absolute atomic E-state index is 0.111. The van der Waals surface area contributed by atoms with E-state index in [0.717, 1.165) is 32.1 Å². The van der Waals surface area contributed by atoms with Gasteiger partial charge in [0, 0.05) is 6.04 Å². The minimum Gasteiger partial charge on any atom is -0.478 e. The summed E-state index contributed by atoms with van der Waals surface area (Å²) < 4.78 is 10.4. The molecule has 0 aliphatic heterocycles. The molecule has 0 bridgehead atoms. The zero-order chi connectivity index (χ0) is 22.9. The standard InChI is InChI=1S/C24H25NO7/c26-21(25-18-14-8-3-9-15-18)19(31-23(29)16-10-4-1-5-11-16)20(22(27)28)32-24(30)17-12-6-2-7-13-17/h1-2,4-7,10-13,18-20H,3,8-9,14-15H2,(H,25,26)(H,27,28)/t19-,20+/m1/s1. The molecule has 1 saturated carbocycles. The summed E-state index contributed by atoms with van der Waals surface area (Å²) in [4.78, 5) is 50.0. The molecule has 0 saturated heterocycles. The van der Waals surface area contributed by atoms with E-state index < -0.39 is 36.0 Å². The molecule has 0 unspecified atom stereocenters. The normalized spacial score (nSPS) is 15.8. The molecule has 2 aromatic rings. The van der Waals surface area contributed by atoms with E-state index in [4.69, 9.17) is 9.47 Å². The molecule has 0 radical (unpaired) electrons. The van der Waals surface area contributed by atoms with Crippen LogP contribution in [0, 0.1) is 0 Å². The number of carboxylic acids is 1. The van der Waals surface area contributed by atoms with Crippen LogP contribution in [0.4, 0.5) is 0 Å². The van der Waals surface area contributed by atoms with Crippen molar-refractivity contribution in [2.24, 2.45) is 0 Å². The highest BCUT2D eigenvalue weighted by atomic mass is 16.6. The molecule has 0 aromatic heterocycles. The highest BCUT2D eigenvalue weighted by Crippen LogP contribution is 2.19. The molecule has 1 aliphatic rings. The van der Waals surface area contributed by atoms with Crippen molar-refractivity contribution in [2.75, 3.05) is 0 Å². The maximum atomic E-state index is 13.0. The Kier molecular flexibility index (Phi) is 7.96. The number of carboxylic acid groups (broad SMARTS) is 1. The lowest BCUT2D eigenvalue weighted by molar-refractivity contribution is -0.159. The lowest BCUT2D eigenvalue weighted by atomic mass is 9.95. The third kappa shape index (κ3) is 6.16. The molecule has 2 aromatic carbocycles. The van der Waals surface area contributed by atoms with Gasteiger partial charge in [-0.15, -0.1) is 0 Å². The van der Waals surface area contributed by atoms with Crippen LogP contribution in [0.1, 0.15) is 52.8 Å². The van der Waals surface area contributed by atoms with E-state index in [1.807, 2.05) is 0 Å². The fourth-order valence-corrected chi connectivity index (χ4v) is 3.54. The van der Waals surface area contributed by atoms with Crippen LogP contribution in [0.15, 0.2) is 60.7 Å². The minimum atomic E-state index is -2.01. The quantitative estimate of drug-likeness (QED) is 0.607. The average molecular weight is 439 g/mol. The second kappa shape index (κ2) is 11.1. The van der Waals surface area contributed by atoms with Gasteiger partial charge in [-0.25, -0.2) is 14.4 Å². The predicted molar refractivity (Wildman–Crippen MR) is 114 cm³/mol. The van der Waals surface area contributed by atoms with E-state index in [0.29, 0.717) is 0 Å². The van der Waals surface area contributed by atoms with Gasteiger partial charge in [0.15, 0.2) is 0 Å². The van der Waals surface area contributed by atoms with Gasteiger partial charge < -0.3 is 19.9 Å². The third-order valence-electron chi connectivity index (χ3n) is 5.22. The summed E-state index contributed by atoms with van der Waals surface area (Å²) in [7, 11) is 0. The van der Waals surface area contributed by atoms with Crippen molar-refractivity contribution in [2.45, 2.75) is 50.4 Å². The number of aliphatic carboxylic acids is 1. The first-order valence-corrected chi connectivity index (χ1v) is 10.5. The summed E-state index contributed by atoms with van der Waals surface area (Å²) in [5.74, 6) is -4.24. The molecule has 8 nitrogen and oxygen atoms in total. The van der Waals surface area contributed by atoms with Crippen LogP contribution in [0.2, 0.25) is 0 Å². The number of hydrogen-bond acceptors (Lipinski definition) is 6. The molecule has 1 aliphatic carbocycles. The van der Waals surface area contributed by atoms with Crippen molar-refractivity contribution in [3.8, 4) is 0 Å². The number of hydrogen-bond donors (Lipinski definition) is 2. The predicted octanol–water partition coefficient (Wildman–Crippen LogP) is 2.97.